The molecule has 0 fully saturated rings. The Labute approximate surface area is 69.4 Å². The fourth-order valence-electron chi connectivity index (χ4n) is 0. The zero-order chi connectivity index (χ0) is 4.28. The maximum atomic E-state index is 3.56. The normalized spacial score (nSPS) is 4.71. The Hall–Kier alpha value is 0.675. The molecule has 2 heteroatoms. The Balaban J connectivity index is -0.0000000800. The van der Waals surface area contributed by atoms with Crippen LogP contribution in [0.4, 0.5) is 0 Å². The van der Waals surface area contributed by atoms with Gasteiger partial charge < -0.3 is 0 Å². The van der Waals surface area contributed by atoms with Gasteiger partial charge in [0, 0.05) is 37.7 Å². The summed E-state index contributed by atoms with van der Waals surface area (Å²) in [6.45, 7) is 8.93. The maximum absolute atomic E-state index is 3.56. The van der Waals surface area contributed by atoms with E-state index in [1.807, 2.05) is 6.92 Å². The van der Waals surface area contributed by atoms with Crippen molar-refractivity contribution in [2.75, 3.05) is 0 Å². The number of hydrogen-bond acceptors (Lipinski definition) is 0. The fraction of sp³-hybridized carbons (Fsp3) is 0.200. The Morgan fingerprint density at radius 2 is 1.57 bits per heavy atom. The molecule has 0 nitrogen and oxygen atoms in total. The van der Waals surface area contributed by atoms with E-state index < -0.39 is 0 Å². The van der Waals surface area contributed by atoms with Crippen LogP contribution in [0, 0.1) is 0 Å². The summed E-state index contributed by atoms with van der Waals surface area (Å²) in [5.74, 6) is 0. The van der Waals surface area contributed by atoms with Crippen LogP contribution in [0.25, 0.3) is 0 Å². The largest absolute Gasteiger partial charge is 0.0988 e. The molecule has 0 aliphatic carbocycles. The fourth-order valence-corrected chi connectivity index (χ4v) is 0. The first-order chi connectivity index (χ1) is 2.27. The molecule has 7 heavy (non-hydrogen) atoms. The van der Waals surface area contributed by atoms with Gasteiger partial charge in [-0.15, -0.1) is 0 Å². The van der Waals surface area contributed by atoms with Crippen molar-refractivity contribution in [2.45, 2.75) is 6.92 Å². The first-order valence-electron chi connectivity index (χ1n) is 1.55. The third kappa shape index (κ3) is 20.4. The zero-order valence-electron chi connectivity index (χ0n) is 5.49. The van der Waals surface area contributed by atoms with Crippen molar-refractivity contribution in [3.05, 3.63) is 24.8 Å². The summed E-state index contributed by atoms with van der Waals surface area (Å²) in [6.07, 6.45) is 1.72. The van der Waals surface area contributed by atoms with Gasteiger partial charge in [0.15, 0.2) is 0 Å². The van der Waals surface area contributed by atoms with Crippen molar-refractivity contribution in [3.63, 3.8) is 0 Å². The second kappa shape index (κ2) is 9.84. The third-order valence-electron chi connectivity index (χ3n) is 0.348. The molecule has 0 N–H and O–H groups in total. The quantitative estimate of drug-likeness (QED) is 0.327. The topological polar surface area (TPSA) is 0 Å². The Bertz CT molecular complexity index is 57.1. The Kier molecular flexibility index (Phi) is 22.0. The van der Waals surface area contributed by atoms with Gasteiger partial charge in [0.1, 0.15) is 0 Å². The molecular formula is C5H8Li2. The van der Waals surface area contributed by atoms with E-state index in [2.05, 4.69) is 13.2 Å². The SMILES string of the molecule is C=CC(=C)C.[Li].[Li]. The van der Waals surface area contributed by atoms with Crippen LogP contribution in [-0.4, -0.2) is 37.7 Å². The number of rotatable bonds is 1. The van der Waals surface area contributed by atoms with E-state index >= 15 is 0 Å². The smallest absolute Gasteiger partial charge is 0 e. The van der Waals surface area contributed by atoms with Crippen LogP contribution in [0.1, 0.15) is 6.92 Å². The summed E-state index contributed by atoms with van der Waals surface area (Å²) >= 11 is 0. The molecule has 0 aliphatic heterocycles. The van der Waals surface area contributed by atoms with Crippen molar-refractivity contribution < 1.29 is 0 Å². The van der Waals surface area contributed by atoms with Gasteiger partial charge in [0.05, 0.1) is 0 Å². The predicted molar refractivity (Wildman–Crippen MR) is 36.5 cm³/mol. The average molecular weight is 82.0 g/mol. The molecule has 0 aromatic rings. The van der Waals surface area contributed by atoms with Crippen molar-refractivity contribution in [3.8, 4) is 0 Å². The molecule has 0 saturated carbocycles. The first kappa shape index (κ1) is 15.6. The minimum Gasteiger partial charge on any atom is -0.0988 e. The van der Waals surface area contributed by atoms with Crippen molar-refractivity contribution in [1.82, 2.24) is 0 Å². The zero-order valence-corrected chi connectivity index (χ0v) is 5.49. The van der Waals surface area contributed by atoms with Gasteiger partial charge in [-0.25, -0.2) is 0 Å². The summed E-state index contributed by atoms with van der Waals surface area (Å²) in [4.78, 5) is 0. The number of hydrogen-bond donors (Lipinski definition) is 0. The maximum Gasteiger partial charge on any atom is 0 e. The van der Waals surface area contributed by atoms with Crippen molar-refractivity contribution in [2.24, 2.45) is 0 Å². The number of allylic oxidation sites excluding steroid dienone is 2. The van der Waals surface area contributed by atoms with E-state index in [0.29, 0.717) is 0 Å². The summed E-state index contributed by atoms with van der Waals surface area (Å²) in [5, 5.41) is 0. The first-order valence-corrected chi connectivity index (χ1v) is 1.55. The minimum absolute atomic E-state index is 0. The van der Waals surface area contributed by atoms with Gasteiger partial charge in [-0.05, 0) is 6.92 Å². The van der Waals surface area contributed by atoms with Gasteiger partial charge in [-0.3, -0.25) is 0 Å². The van der Waals surface area contributed by atoms with Crippen molar-refractivity contribution >= 4 is 37.7 Å². The second-order valence-corrected chi connectivity index (χ2v) is 1.05. The molecule has 30 valence electrons. The molecule has 0 aliphatic rings. The van der Waals surface area contributed by atoms with Gasteiger partial charge in [0.2, 0.25) is 0 Å². The molecule has 0 unspecified atom stereocenters. The van der Waals surface area contributed by atoms with Gasteiger partial charge in [-0.1, -0.05) is 24.8 Å². The molecule has 0 bridgehead atoms. The molecule has 0 spiro atoms. The van der Waals surface area contributed by atoms with E-state index in [0.717, 1.165) is 5.57 Å². The Morgan fingerprint density at radius 3 is 1.57 bits per heavy atom. The third-order valence-corrected chi connectivity index (χ3v) is 0.348. The molecule has 0 heterocycles. The molecule has 0 rings (SSSR count). The van der Waals surface area contributed by atoms with Crippen LogP contribution in [-0.2, 0) is 0 Å². The summed E-state index contributed by atoms with van der Waals surface area (Å²) in [6, 6.07) is 0. The van der Waals surface area contributed by atoms with Crippen LogP contribution >= 0.6 is 0 Å². The van der Waals surface area contributed by atoms with Crippen LogP contribution in [0.3, 0.4) is 0 Å². The average Bonchev–Trinajstić information content (AvgIpc) is 1.38. The van der Waals surface area contributed by atoms with Crippen LogP contribution < -0.4 is 0 Å². The molecule has 0 aromatic heterocycles. The van der Waals surface area contributed by atoms with Crippen LogP contribution in [0.15, 0.2) is 24.8 Å². The summed E-state index contributed by atoms with van der Waals surface area (Å²) in [5.41, 5.74) is 1.02. The molecule has 0 amide bonds. The summed E-state index contributed by atoms with van der Waals surface area (Å²) in [7, 11) is 0. The Morgan fingerprint density at radius 1 is 1.43 bits per heavy atom. The van der Waals surface area contributed by atoms with Crippen LogP contribution in [0.5, 0.6) is 0 Å². The van der Waals surface area contributed by atoms with Gasteiger partial charge >= 0.3 is 0 Å². The van der Waals surface area contributed by atoms with Crippen molar-refractivity contribution in [1.29, 1.82) is 0 Å². The molecule has 0 aromatic carbocycles. The summed E-state index contributed by atoms with van der Waals surface area (Å²) < 4.78 is 0. The molecule has 0 atom stereocenters. The minimum atomic E-state index is 0. The molecule has 2 radical (unpaired) electrons. The predicted octanol–water partition coefficient (Wildman–Crippen LogP) is 0.987. The van der Waals surface area contributed by atoms with E-state index in [1.54, 1.807) is 6.08 Å². The van der Waals surface area contributed by atoms with Gasteiger partial charge in [-0.2, -0.15) is 0 Å². The standard InChI is InChI=1S/C5H8.2Li/c1-4-5(2)3;;/h4H,1-2H2,3H3;;. The van der Waals surface area contributed by atoms with Gasteiger partial charge in [0.25, 0.3) is 0 Å². The monoisotopic (exact) mass is 82.1 g/mol. The molecular weight excluding hydrogens is 73.9 g/mol. The molecule has 0 saturated heterocycles. The van der Waals surface area contributed by atoms with E-state index in [9.17, 15) is 0 Å². The van der Waals surface area contributed by atoms with E-state index in [-0.39, 0.29) is 37.7 Å². The van der Waals surface area contributed by atoms with E-state index in [4.69, 9.17) is 0 Å². The van der Waals surface area contributed by atoms with E-state index in [1.165, 1.54) is 0 Å². The van der Waals surface area contributed by atoms with Crippen LogP contribution in [0.2, 0.25) is 0 Å². The second-order valence-electron chi connectivity index (χ2n) is 1.05.